The second-order valence-corrected chi connectivity index (χ2v) is 5.62. The van der Waals surface area contributed by atoms with Crippen LogP contribution in [-0.2, 0) is 9.53 Å². The lowest BCUT2D eigenvalue weighted by atomic mass is 9.90. The number of carbonyl (C=O) groups excluding carboxylic acids is 1. The van der Waals surface area contributed by atoms with Gasteiger partial charge in [0.15, 0.2) is 0 Å². The molecule has 0 amide bonds. The topological polar surface area (TPSA) is 26.3 Å². The molecule has 1 aromatic rings. The molecule has 1 saturated carbocycles. The van der Waals surface area contributed by atoms with Crippen LogP contribution in [0, 0.1) is 25.7 Å². The molecule has 98 valence electrons. The molecule has 3 atom stereocenters. The van der Waals surface area contributed by atoms with Gasteiger partial charge in [-0.25, -0.2) is 0 Å². The minimum Gasteiger partial charge on any atom is -0.469 e. The van der Waals surface area contributed by atoms with Crippen LogP contribution >= 0.6 is 0 Å². The van der Waals surface area contributed by atoms with Crippen molar-refractivity contribution in [2.24, 2.45) is 11.8 Å². The molecule has 0 N–H and O–H groups in total. The van der Waals surface area contributed by atoms with Crippen molar-refractivity contribution in [2.45, 2.75) is 39.5 Å². The van der Waals surface area contributed by atoms with E-state index in [0.29, 0.717) is 11.8 Å². The van der Waals surface area contributed by atoms with E-state index in [9.17, 15) is 4.79 Å². The van der Waals surface area contributed by atoms with Gasteiger partial charge in [0.05, 0.1) is 13.0 Å². The van der Waals surface area contributed by atoms with Crippen LogP contribution < -0.4 is 0 Å². The number of hydrogen-bond acceptors (Lipinski definition) is 2. The Balaban J connectivity index is 1.97. The summed E-state index contributed by atoms with van der Waals surface area (Å²) < 4.78 is 4.79. The smallest absolute Gasteiger partial charge is 0.308 e. The number of hydrogen-bond donors (Lipinski definition) is 0. The monoisotopic (exact) mass is 246 g/mol. The molecule has 2 rings (SSSR count). The predicted octanol–water partition coefficient (Wildman–Crippen LogP) is 3.61. The number of aryl methyl sites for hydroxylation is 2. The number of esters is 1. The van der Waals surface area contributed by atoms with Crippen molar-refractivity contribution in [3.05, 3.63) is 34.9 Å². The van der Waals surface area contributed by atoms with Gasteiger partial charge in [-0.15, -0.1) is 0 Å². The van der Waals surface area contributed by atoms with Gasteiger partial charge in [-0.3, -0.25) is 4.79 Å². The van der Waals surface area contributed by atoms with Gasteiger partial charge in [0.1, 0.15) is 0 Å². The van der Waals surface area contributed by atoms with Gasteiger partial charge in [0, 0.05) is 0 Å². The van der Waals surface area contributed by atoms with Gasteiger partial charge >= 0.3 is 5.97 Å². The van der Waals surface area contributed by atoms with Crippen molar-refractivity contribution in [2.75, 3.05) is 7.11 Å². The van der Waals surface area contributed by atoms with E-state index >= 15 is 0 Å². The Kier molecular flexibility index (Phi) is 3.74. The molecular formula is C16H22O2. The molecular weight excluding hydrogens is 224 g/mol. The molecule has 0 aliphatic heterocycles. The van der Waals surface area contributed by atoms with Crippen molar-refractivity contribution >= 4 is 5.97 Å². The van der Waals surface area contributed by atoms with Crippen molar-refractivity contribution in [3.8, 4) is 0 Å². The third kappa shape index (κ3) is 2.74. The van der Waals surface area contributed by atoms with Crippen molar-refractivity contribution in [1.82, 2.24) is 0 Å². The van der Waals surface area contributed by atoms with E-state index in [2.05, 4.69) is 39.0 Å². The maximum atomic E-state index is 11.4. The zero-order valence-corrected chi connectivity index (χ0v) is 11.7. The minimum absolute atomic E-state index is 0.0344. The Morgan fingerprint density at radius 3 is 2.78 bits per heavy atom. The first-order chi connectivity index (χ1) is 8.52. The number of carbonyl (C=O) groups is 1. The summed E-state index contributed by atoms with van der Waals surface area (Å²) >= 11 is 0. The normalized spacial score (nSPS) is 23.6. The summed E-state index contributed by atoms with van der Waals surface area (Å²) in [5.41, 5.74) is 4.08. The molecule has 0 bridgehead atoms. The maximum Gasteiger partial charge on any atom is 0.308 e. The highest BCUT2D eigenvalue weighted by atomic mass is 16.5. The van der Waals surface area contributed by atoms with E-state index in [1.807, 2.05) is 0 Å². The first-order valence-electron chi connectivity index (χ1n) is 6.68. The Bertz CT molecular complexity index is 450. The molecule has 1 aromatic carbocycles. The average molecular weight is 246 g/mol. The summed E-state index contributed by atoms with van der Waals surface area (Å²) in [7, 11) is 1.48. The van der Waals surface area contributed by atoms with Crippen molar-refractivity contribution < 1.29 is 9.53 Å². The fourth-order valence-corrected chi connectivity index (χ4v) is 2.91. The summed E-state index contributed by atoms with van der Waals surface area (Å²) in [6.45, 7) is 6.55. The third-order valence-electron chi connectivity index (χ3n) is 4.04. The maximum absolute atomic E-state index is 11.4. The summed E-state index contributed by atoms with van der Waals surface area (Å²) in [6, 6.07) is 6.63. The lowest BCUT2D eigenvalue weighted by Gasteiger charge is -2.15. The summed E-state index contributed by atoms with van der Waals surface area (Å²) in [5, 5.41) is 0. The Morgan fingerprint density at radius 1 is 1.44 bits per heavy atom. The molecule has 3 unspecified atom stereocenters. The summed E-state index contributed by atoms with van der Waals surface area (Å²) in [4.78, 5) is 11.4. The highest BCUT2D eigenvalue weighted by Crippen LogP contribution is 2.45. The molecule has 0 spiro atoms. The molecule has 0 aromatic heterocycles. The molecule has 18 heavy (non-hydrogen) atoms. The SMILES string of the molecule is COC(=O)C1CC1CC(C)c1ccc(C)cc1C. The Hall–Kier alpha value is -1.31. The van der Waals surface area contributed by atoms with E-state index < -0.39 is 0 Å². The first-order valence-corrected chi connectivity index (χ1v) is 6.68. The zero-order chi connectivity index (χ0) is 13.3. The quantitative estimate of drug-likeness (QED) is 0.759. The number of ether oxygens (including phenoxy) is 1. The fourth-order valence-electron chi connectivity index (χ4n) is 2.91. The molecule has 0 heterocycles. The van der Waals surface area contributed by atoms with Gasteiger partial charge in [0.2, 0.25) is 0 Å². The molecule has 1 fully saturated rings. The average Bonchev–Trinajstić information content (AvgIpc) is 3.07. The highest BCUT2D eigenvalue weighted by molar-refractivity contribution is 5.75. The Labute approximate surface area is 109 Å². The van der Waals surface area contributed by atoms with Crippen LogP contribution in [-0.4, -0.2) is 13.1 Å². The van der Waals surface area contributed by atoms with Crippen LogP contribution in [0.4, 0.5) is 0 Å². The lowest BCUT2D eigenvalue weighted by Crippen LogP contribution is -2.06. The molecule has 1 aliphatic carbocycles. The number of benzene rings is 1. The summed E-state index contributed by atoms with van der Waals surface area (Å²) in [5.74, 6) is 1.16. The highest BCUT2D eigenvalue weighted by Gasteiger charge is 2.44. The van der Waals surface area contributed by atoms with Crippen LogP contribution in [0.3, 0.4) is 0 Å². The van der Waals surface area contributed by atoms with Crippen LogP contribution in [0.2, 0.25) is 0 Å². The molecule has 1 aliphatic rings. The van der Waals surface area contributed by atoms with E-state index in [0.717, 1.165) is 12.8 Å². The van der Waals surface area contributed by atoms with Gasteiger partial charge in [0.25, 0.3) is 0 Å². The van der Waals surface area contributed by atoms with E-state index in [-0.39, 0.29) is 11.9 Å². The second kappa shape index (κ2) is 5.13. The first kappa shape index (κ1) is 13.1. The van der Waals surface area contributed by atoms with Crippen LogP contribution in [0.15, 0.2) is 18.2 Å². The molecule has 2 nitrogen and oxygen atoms in total. The lowest BCUT2D eigenvalue weighted by molar-refractivity contribution is -0.142. The van der Waals surface area contributed by atoms with Crippen molar-refractivity contribution in [1.29, 1.82) is 0 Å². The van der Waals surface area contributed by atoms with E-state index in [4.69, 9.17) is 4.74 Å². The molecule has 0 saturated heterocycles. The molecule has 0 radical (unpaired) electrons. The molecule has 2 heteroatoms. The van der Waals surface area contributed by atoms with Gasteiger partial charge < -0.3 is 4.74 Å². The summed E-state index contributed by atoms with van der Waals surface area (Å²) in [6.07, 6.45) is 2.09. The second-order valence-electron chi connectivity index (χ2n) is 5.62. The zero-order valence-electron chi connectivity index (χ0n) is 11.7. The van der Waals surface area contributed by atoms with Crippen LogP contribution in [0.25, 0.3) is 0 Å². The van der Waals surface area contributed by atoms with Crippen LogP contribution in [0.5, 0.6) is 0 Å². The van der Waals surface area contributed by atoms with E-state index in [1.165, 1.54) is 23.8 Å². The fraction of sp³-hybridized carbons (Fsp3) is 0.562. The minimum atomic E-state index is -0.0344. The van der Waals surface area contributed by atoms with Crippen LogP contribution in [0.1, 0.15) is 42.4 Å². The van der Waals surface area contributed by atoms with Gasteiger partial charge in [-0.05, 0) is 49.7 Å². The third-order valence-corrected chi connectivity index (χ3v) is 4.04. The number of rotatable bonds is 4. The Morgan fingerprint density at radius 2 is 2.17 bits per heavy atom. The standard InChI is InChI=1S/C16H22O2/c1-10-5-6-14(11(2)7-10)12(3)8-13-9-15(13)16(17)18-4/h5-7,12-13,15H,8-9H2,1-4H3. The van der Waals surface area contributed by atoms with Gasteiger partial charge in [-0.2, -0.15) is 0 Å². The van der Waals surface area contributed by atoms with Crippen molar-refractivity contribution in [3.63, 3.8) is 0 Å². The van der Waals surface area contributed by atoms with E-state index in [1.54, 1.807) is 0 Å². The largest absolute Gasteiger partial charge is 0.469 e. The predicted molar refractivity (Wildman–Crippen MR) is 72.6 cm³/mol. The van der Waals surface area contributed by atoms with Gasteiger partial charge in [-0.1, -0.05) is 30.7 Å². The number of methoxy groups -OCH3 is 1.